The van der Waals surface area contributed by atoms with Gasteiger partial charge in [0, 0.05) is 13.1 Å². The van der Waals surface area contributed by atoms with Crippen LogP contribution in [0.3, 0.4) is 0 Å². The van der Waals surface area contributed by atoms with E-state index in [1.54, 1.807) is 24.3 Å². The van der Waals surface area contributed by atoms with Gasteiger partial charge in [-0.3, -0.25) is 14.5 Å². The standard InChI is InChI=1S/C23H24N2O6S/c26-21-19-10-3-4-11-20(19)22(27)25(21)14-15-31-23(28)17-8-7-9-18(16-17)32(29,30)24-12-5-1-2-6-13-24/h3-4,7-11,16H,1-2,5-6,12-15H2. The van der Waals surface area contributed by atoms with Crippen molar-refractivity contribution in [2.75, 3.05) is 26.2 Å². The van der Waals surface area contributed by atoms with Crippen LogP contribution in [-0.2, 0) is 14.8 Å². The van der Waals surface area contributed by atoms with E-state index in [0.29, 0.717) is 24.2 Å². The van der Waals surface area contributed by atoms with E-state index in [-0.39, 0.29) is 23.6 Å². The summed E-state index contributed by atoms with van der Waals surface area (Å²) in [6.07, 6.45) is 3.65. The van der Waals surface area contributed by atoms with Crippen LogP contribution in [-0.4, -0.2) is 61.6 Å². The van der Waals surface area contributed by atoms with Crippen molar-refractivity contribution in [3.05, 3.63) is 65.2 Å². The number of hydrogen-bond acceptors (Lipinski definition) is 6. The van der Waals surface area contributed by atoms with Crippen molar-refractivity contribution < 1.29 is 27.5 Å². The number of imide groups is 1. The van der Waals surface area contributed by atoms with E-state index in [0.717, 1.165) is 30.6 Å². The maximum atomic E-state index is 13.0. The van der Waals surface area contributed by atoms with Crippen molar-refractivity contribution in [3.63, 3.8) is 0 Å². The zero-order valence-electron chi connectivity index (χ0n) is 17.5. The Bertz CT molecular complexity index is 1120. The van der Waals surface area contributed by atoms with Crippen LogP contribution >= 0.6 is 0 Å². The van der Waals surface area contributed by atoms with Crippen LogP contribution in [0.25, 0.3) is 0 Å². The second kappa shape index (κ2) is 9.22. The third-order valence-corrected chi connectivity index (χ3v) is 7.59. The van der Waals surface area contributed by atoms with Gasteiger partial charge in [0.25, 0.3) is 11.8 Å². The van der Waals surface area contributed by atoms with Gasteiger partial charge < -0.3 is 4.74 Å². The molecule has 0 atom stereocenters. The zero-order chi connectivity index (χ0) is 22.7. The maximum absolute atomic E-state index is 13.0. The fourth-order valence-corrected chi connectivity index (χ4v) is 5.53. The highest BCUT2D eigenvalue weighted by molar-refractivity contribution is 7.89. The first-order valence-electron chi connectivity index (χ1n) is 10.6. The Morgan fingerprint density at radius 1 is 0.875 bits per heavy atom. The van der Waals surface area contributed by atoms with Gasteiger partial charge in [-0.2, -0.15) is 4.31 Å². The van der Waals surface area contributed by atoms with Gasteiger partial charge in [-0.25, -0.2) is 13.2 Å². The topological polar surface area (TPSA) is 101 Å². The van der Waals surface area contributed by atoms with Crippen molar-refractivity contribution in [1.29, 1.82) is 0 Å². The van der Waals surface area contributed by atoms with E-state index in [2.05, 4.69) is 0 Å². The molecule has 8 nitrogen and oxygen atoms in total. The molecule has 0 aromatic heterocycles. The van der Waals surface area contributed by atoms with Gasteiger partial charge in [-0.1, -0.05) is 31.0 Å². The van der Waals surface area contributed by atoms with E-state index in [1.165, 1.54) is 28.6 Å². The Kier molecular flexibility index (Phi) is 6.38. The van der Waals surface area contributed by atoms with Crippen molar-refractivity contribution in [1.82, 2.24) is 9.21 Å². The third kappa shape index (κ3) is 4.31. The first kappa shape index (κ1) is 22.2. The van der Waals surface area contributed by atoms with E-state index >= 15 is 0 Å². The Morgan fingerprint density at radius 2 is 1.50 bits per heavy atom. The number of sulfonamides is 1. The fourth-order valence-electron chi connectivity index (χ4n) is 3.97. The molecule has 32 heavy (non-hydrogen) atoms. The minimum atomic E-state index is -3.69. The lowest BCUT2D eigenvalue weighted by Crippen LogP contribution is -2.33. The molecule has 168 valence electrons. The lowest BCUT2D eigenvalue weighted by Gasteiger charge is -2.20. The van der Waals surface area contributed by atoms with Crippen molar-refractivity contribution >= 4 is 27.8 Å². The van der Waals surface area contributed by atoms with Crippen molar-refractivity contribution in [2.45, 2.75) is 30.6 Å². The summed E-state index contributed by atoms with van der Waals surface area (Å²) in [5, 5.41) is 0. The van der Waals surface area contributed by atoms with E-state index in [1.807, 2.05) is 0 Å². The largest absolute Gasteiger partial charge is 0.460 e. The minimum absolute atomic E-state index is 0.0502. The summed E-state index contributed by atoms with van der Waals surface area (Å²) in [7, 11) is -3.69. The molecule has 2 heterocycles. The molecule has 0 bridgehead atoms. The Hall–Kier alpha value is -3.04. The van der Waals surface area contributed by atoms with Crippen LogP contribution in [0.5, 0.6) is 0 Å². The average Bonchev–Trinajstić information content (AvgIpc) is 3.00. The molecule has 0 saturated carbocycles. The molecule has 4 rings (SSSR count). The number of rotatable bonds is 6. The summed E-state index contributed by atoms with van der Waals surface area (Å²) in [6, 6.07) is 12.3. The van der Waals surface area contributed by atoms with Gasteiger partial charge in [0.1, 0.15) is 6.61 Å². The summed E-state index contributed by atoms with van der Waals surface area (Å²) in [6.45, 7) is 0.672. The number of ether oxygens (including phenoxy) is 1. The number of fused-ring (bicyclic) bond motifs is 1. The smallest absolute Gasteiger partial charge is 0.338 e. The van der Waals surface area contributed by atoms with Gasteiger partial charge in [-0.05, 0) is 43.2 Å². The number of carbonyl (C=O) groups is 3. The van der Waals surface area contributed by atoms with E-state index in [9.17, 15) is 22.8 Å². The molecule has 0 radical (unpaired) electrons. The molecule has 0 N–H and O–H groups in total. The number of carbonyl (C=O) groups excluding carboxylic acids is 3. The molecule has 2 aromatic rings. The SMILES string of the molecule is O=C(OCCN1C(=O)c2ccccc2C1=O)c1cccc(S(=O)(=O)N2CCCCCC2)c1. The zero-order valence-corrected chi connectivity index (χ0v) is 18.3. The molecular formula is C23H24N2O6S. The van der Waals surface area contributed by atoms with Gasteiger partial charge >= 0.3 is 5.97 Å². The van der Waals surface area contributed by atoms with Crippen LogP contribution < -0.4 is 0 Å². The van der Waals surface area contributed by atoms with E-state index < -0.39 is 27.8 Å². The van der Waals surface area contributed by atoms with Crippen LogP contribution in [0.1, 0.15) is 56.8 Å². The summed E-state index contributed by atoms with van der Waals surface area (Å²) in [5.41, 5.74) is 0.758. The van der Waals surface area contributed by atoms with Crippen LogP contribution in [0.2, 0.25) is 0 Å². The average molecular weight is 457 g/mol. The second-order valence-electron chi connectivity index (χ2n) is 7.79. The lowest BCUT2D eigenvalue weighted by atomic mass is 10.1. The molecule has 9 heteroatoms. The quantitative estimate of drug-likeness (QED) is 0.489. The molecular weight excluding hydrogens is 432 g/mol. The van der Waals surface area contributed by atoms with Gasteiger partial charge in [0.2, 0.25) is 10.0 Å². The first-order valence-corrected chi connectivity index (χ1v) is 12.1. The predicted octanol–water partition coefficient (Wildman–Crippen LogP) is 2.70. The number of nitrogens with zero attached hydrogens (tertiary/aromatic N) is 2. The molecule has 0 unspecified atom stereocenters. The van der Waals surface area contributed by atoms with Crippen LogP contribution in [0.15, 0.2) is 53.4 Å². The number of esters is 1. The van der Waals surface area contributed by atoms with E-state index in [4.69, 9.17) is 4.74 Å². The predicted molar refractivity (Wildman–Crippen MR) is 116 cm³/mol. The summed E-state index contributed by atoms with van der Waals surface area (Å²) >= 11 is 0. The highest BCUT2D eigenvalue weighted by Gasteiger charge is 2.35. The van der Waals surface area contributed by atoms with Crippen molar-refractivity contribution in [2.24, 2.45) is 0 Å². The molecule has 2 amide bonds. The summed E-state index contributed by atoms with van der Waals surface area (Å²) in [5.74, 6) is -1.56. The molecule has 1 saturated heterocycles. The molecule has 2 aromatic carbocycles. The maximum Gasteiger partial charge on any atom is 0.338 e. The highest BCUT2D eigenvalue weighted by Crippen LogP contribution is 2.23. The second-order valence-corrected chi connectivity index (χ2v) is 9.73. The molecule has 2 aliphatic rings. The first-order chi connectivity index (χ1) is 15.4. The minimum Gasteiger partial charge on any atom is -0.460 e. The third-order valence-electron chi connectivity index (χ3n) is 5.70. The molecule has 0 spiro atoms. The van der Waals surface area contributed by atoms with Crippen molar-refractivity contribution in [3.8, 4) is 0 Å². The lowest BCUT2D eigenvalue weighted by molar-refractivity contribution is 0.0420. The normalized spacial score (nSPS) is 17.2. The summed E-state index contributed by atoms with van der Waals surface area (Å²) < 4.78 is 32.6. The monoisotopic (exact) mass is 456 g/mol. The van der Waals surface area contributed by atoms with Crippen LogP contribution in [0, 0.1) is 0 Å². The molecule has 0 aliphatic carbocycles. The highest BCUT2D eigenvalue weighted by atomic mass is 32.2. The van der Waals surface area contributed by atoms with Gasteiger partial charge in [0.05, 0.1) is 28.1 Å². The summed E-state index contributed by atoms with van der Waals surface area (Å²) in [4.78, 5) is 38.3. The number of benzene rings is 2. The van der Waals surface area contributed by atoms with Gasteiger partial charge in [-0.15, -0.1) is 0 Å². The van der Waals surface area contributed by atoms with Crippen LogP contribution in [0.4, 0.5) is 0 Å². The van der Waals surface area contributed by atoms with Gasteiger partial charge in [0.15, 0.2) is 0 Å². The number of amides is 2. The molecule has 2 aliphatic heterocycles. The molecule has 1 fully saturated rings. The Morgan fingerprint density at radius 3 is 2.12 bits per heavy atom. The Labute approximate surface area is 186 Å². The number of hydrogen-bond donors (Lipinski definition) is 0. The Balaban J connectivity index is 1.39. The fraction of sp³-hybridized carbons (Fsp3) is 0.348.